The molecule has 0 aliphatic rings. The number of nitrogens with one attached hydrogen (secondary N) is 1. The maximum absolute atomic E-state index is 11.4. The molecule has 74 valence electrons. The molecule has 4 heteroatoms. The van der Waals surface area contributed by atoms with E-state index >= 15 is 0 Å². The minimum Gasteiger partial charge on any atom is -0.350 e. The maximum Gasteiger partial charge on any atom is 0.271 e. The minimum atomic E-state index is -0.178. The second-order valence-electron chi connectivity index (χ2n) is 2.70. The molecule has 4 nitrogen and oxygen atoms in total. The zero-order valence-electron chi connectivity index (χ0n) is 8.10. The summed E-state index contributed by atoms with van der Waals surface area (Å²) in [4.78, 5) is 19.1. The van der Waals surface area contributed by atoms with Gasteiger partial charge < -0.3 is 5.32 Å². The molecular formula is C10H13N3O. The van der Waals surface area contributed by atoms with E-state index in [9.17, 15) is 4.79 Å². The molecule has 1 amide bonds. The van der Waals surface area contributed by atoms with Crippen LogP contribution in [0.2, 0.25) is 0 Å². The Kier molecular flexibility index (Phi) is 4.34. The van der Waals surface area contributed by atoms with Gasteiger partial charge in [-0.05, 0) is 13.3 Å². The number of amides is 1. The molecule has 0 spiro atoms. The topological polar surface area (TPSA) is 54.9 Å². The predicted octanol–water partition coefficient (Wildman–Crippen LogP) is 1.17. The van der Waals surface area contributed by atoms with Gasteiger partial charge in [0.2, 0.25) is 0 Å². The molecule has 14 heavy (non-hydrogen) atoms. The van der Waals surface area contributed by atoms with Crippen molar-refractivity contribution >= 4 is 5.91 Å². The molecule has 0 aliphatic heterocycles. The Morgan fingerprint density at radius 3 is 3.07 bits per heavy atom. The number of allylic oxidation sites excluding steroid dienone is 1. The van der Waals surface area contributed by atoms with Crippen LogP contribution >= 0.6 is 0 Å². The molecule has 0 bridgehead atoms. The third-order valence-electron chi connectivity index (χ3n) is 1.63. The Morgan fingerprint density at radius 2 is 2.43 bits per heavy atom. The SMILES string of the molecule is C/C=C/CCNC(=O)c1cnccn1. The first kappa shape index (κ1) is 10.4. The van der Waals surface area contributed by atoms with Crippen LogP contribution < -0.4 is 5.32 Å². The molecule has 0 radical (unpaired) electrons. The van der Waals surface area contributed by atoms with Gasteiger partial charge in [-0.3, -0.25) is 9.78 Å². The third kappa shape index (κ3) is 3.35. The number of carbonyl (C=O) groups excluding carboxylic acids is 1. The second-order valence-corrected chi connectivity index (χ2v) is 2.70. The van der Waals surface area contributed by atoms with Crippen molar-refractivity contribution in [2.24, 2.45) is 0 Å². The standard InChI is InChI=1S/C10H13N3O/c1-2-3-4-5-13-10(14)9-8-11-6-7-12-9/h2-3,6-8H,4-5H2,1H3,(H,13,14)/b3-2+. The van der Waals surface area contributed by atoms with Crippen molar-refractivity contribution in [3.8, 4) is 0 Å². The Bertz CT molecular complexity index is 308. The monoisotopic (exact) mass is 191 g/mol. The van der Waals surface area contributed by atoms with Gasteiger partial charge in [-0.2, -0.15) is 0 Å². The van der Waals surface area contributed by atoms with E-state index in [0.29, 0.717) is 12.2 Å². The highest BCUT2D eigenvalue weighted by Crippen LogP contribution is 1.89. The molecule has 1 rings (SSSR count). The van der Waals surface area contributed by atoms with E-state index in [1.807, 2.05) is 19.1 Å². The lowest BCUT2D eigenvalue weighted by Crippen LogP contribution is -2.25. The van der Waals surface area contributed by atoms with Crippen molar-refractivity contribution < 1.29 is 4.79 Å². The summed E-state index contributed by atoms with van der Waals surface area (Å²) in [7, 11) is 0. The third-order valence-corrected chi connectivity index (χ3v) is 1.63. The summed E-state index contributed by atoms with van der Waals surface area (Å²) in [6.45, 7) is 2.57. The summed E-state index contributed by atoms with van der Waals surface area (Å²) in [5.74, 6) is -0.178. The van der Waals surface area contributed by atoms with Crippen LogP contribution in [0.1, 0.15) is 23.8 Å². The first-order chi connectivity index (χ1) is 6.84. The average molecular weight is 191 g/mol. The molecule has 1 heterocycles. The quantitative estimate of drug-likeness (QED) is 0.574. The summed E-state index contributed by atoms with van der Waals surface area (Å²) >= 11 is 0. The van der Waals surface area contributed by atoms with E-state index in [2.05, 4.69) is 15.3 Å². The number of hydrogen-bond acceptors (Lipinski definition) is 3. The summed E-state index contributed by atoms with van der Waals surface area (Å²) in [5.41, 5.74) is 0.355. The molecule has 0 aromatic carbocycles. The fraction of sp³-hybridized carbons (Fsp3) is 0.300. The largest absolute Gasteiger partial charge is 0.350 e. The average Bonchev–Trinajstić information content (AvgIpc) is 2.25. The molecule has 0 atom stereocenters. The van der Waals surface area contributed by atoms with E-state index in [4.69, 9.17) is 0 Å². The van der Waals surface area contributed by atoms with Crippen molar-refractivity contribution in [3.63, 3.8) is 0 Å². The summed E-state index contributed by atoms with van der Waals surface area (Å²) in [5, 5.41) is 2.74. The van der Waals surface area contributed by atoms with Crippen LogP contribution in [0.4, 0.5) is 0 Å². The van der Waals surface area contributed by atoms with Crippen LogP contribution in [0.5, 0.6) is 0 Å². The smallest absolute Gasteiger partial charge is 0.271 e. The fourth-order valence-electron chi connectivity index (χ4n) is 0.943. The lowest BCUT2D eigenvalue weighted by molar-refractivity contribution is 0.0949. The van der Waals surface area contributed by atoms with Crippen LogP contribution in [0.3, 0.4) is 0 Å². The summed E-state index contributed by atoms with van der Waals surface area (Å²) in [6.07, 6.45) is 9.27. The normalized spacial score (nSPS) is 10.4. The molecule has 0 fully saturated rings. The van der Waals surface area contributed by atoms with Crippen LogP contribution in [0, 0.1) is 0 Å². The van der Waals surface area contributed by atoms with Crippen LogP contribution in [-0.2, 0) is 0 Å². The number of nitrogens with zero attached hydrogens (tertiary/aromatic N) is 2. The first-order valence-electron chi connectivity index (χ1n) is 4.50. The fourth-order valence-corrected chi connectivity index (χ4v) is 0.943. The van der Waals surface area contributed by atoms with Crippen LogP contribution in [0.25, 0.3) is 0 Å². The van der Waals surface area contributed by atoms with Gasteiger partial charge in [0.15, 0.2) is 0 Å². The summed E-state index contributed by atoms with van der Waals surface area (Å²) < 4.78 is 0. The zero-order valence-corrected chi connectivity index (χ0v) is 8.10. The van der Waals surface area contributed by atoms with Gasteiger partial charge in [0.1, 0.15) is 5.69 Å². The van der Waals surface area contributed by atoms with Crippen molar-refractivity contribution in [3.05, 3.63) is 36.4 Å². The van der Waals surface area contributed by atoms with Gasteiger partial charge in [0.05, 0.1) is 6.20 Å². The van der Waals surface area contributed by atoms with E-state index < -0.39 is 0 Å². The Balaban J connectivity index is 2.36. The van der Waals surface area contributed by atoms with Crippen LogP contribution in [0.15, 0.2) is 30.7 Å². The number of hydrogen-bond donors (Lipinski definition) is 1. The molecule has 0 saturated heterocycles. The lowest BCUT2D eigenvalue weighted by Gasteiger charge is -2.01. The Labute approximate surface area is 83.1 Å². The summed E-state index contributed by atoms with van der Waals surface area (Å²) in [6, 6.07) is 0. The molecule has 1 N–H and O–H groups in total. The second kappa shape index (κ2) is 5.85. The van der Waals surface area contributed by atoms with E-state index in [1.54, 1.807) is 0 Å². The number of carbonyl (C=O) groups is 1. The molecule has 1 aromatic rings. The highest BCUT2D eigenvalue weighted by Gasteiger charge is 2.04. The number of rotatable bonds is 4. The van der Waals surface area contributed by atoms with Gasteiger partial charge in [-0.1, -0.05) is 12.2 Å². The number of aromatic nitrogens is 2. The Morgan fingerprint density at radius 1 is 1.57 bits per heavy atom. The maximum atomic E-state index is 11.4. The highest BCUT2D eigenvalue weighted by molar-refractivity contribution is 5.91. The predicted molar refractivity (Wildman–Crippen MR) is 53.8 cm³/mol. The molecule has 0 unspecified atom stereocenters. The lowest BCUT2D eigenvalue weighted by atomic mass is 10.3. The van der Waals surface area contributed by atoms with Crippen molar-refractivity contribution in [1.82, 2.24) is 15.3 Å². The molecule has 0 aliphatic carbocycles. The van der Waals surface area contributed by atoms with E-state index in [1.165, 1.54) is 18.6 Å². The van der Waals surface area contributed by atoms with Crippen molar-refractivity contribution in [1.29, 1.82) is 0 Å². The van der Waals surface area contributed by atoms with Crippen molar-refractivity contribution in [2.75, 3.05) is 6.54 Å². The zero-order chi connectivity index (χ0) is 10.2. The van der Waals surface area contributed by atoms with E-state index in [0.717, 1.165) is 6.42 Å². The van der Waals surface area contributed by atoms with Gasteiger partial charge in [-0.25, -0.2) is 4.98 Å². The highest BCUT2D eigenvalue weighted by atomic mass is 16.1. The van der Waals surface area contributed by atoms with Gasteiger partial charge in [0.25, 0.3) is 5.91 Å². The van der Waals surface area contributed by atoms with Gasteiger partial charge in [-0.15, -0.1) is 0 Å². The van der Waals surface area contributed by atoms with Crippen molar-refractivity contribution in [2.45, 2.75) is 13.3 Å². The first-order valence-corrected chi connectivity index (χ1v) is 4.50. The minimum absolute atomic E-state index is 0.178. The molecule has 1 aromatic heterocycles. The molecule has 0 saturated carbocycles. The van der Waals surface area contributed by atoms with Gasteiger partial charge >= 0.3 is 0 Å². The Hall–Kier alpha value is -1.71. The van der Waals surface area contributed by atoms with E-state index in [-0.39, 0.29) is 5.91 Å². The van der Waals surface area contributed by atoms with Crippen LogP contribution in [-0.4, -0.2) is 22.4 Å². The molecular weight excluding hydrogens is 178 g/mol. The van der Waals surface area contributed by atoms with Gasteiger partial charge in [0, 0.05) is 18.9 Å².